The molecular weight excluding hydrogens is 436 g/mol. The molecule has 1 heterocycles. The van der Waals surface area contributed by atoms with E-state index >= 15 is 0 Å². The summed E-state index contributed by atoms with van der Waals surface area (Å²) in [6.45, 7) is 4.52. The molecule has 3 aromatic carbocycles. The van der Waals surface area contributed by atoms with Crippen molar-refractivity contribution in [3.63, 3.8) is 0 Å². The second-order valence-corrected chi connectivity index (χ2v) is 8.42. The summed E-state index contributed by atoms with van der Waals surface area (Å²) in [4.78, 5) is 30.0. The maximum atomic E-state index is 12.9. The SMILES string of the molecule is Cc1ccc(NC(=O)Cn2c(CCNC(=O)c3ccc(Cl)cc3)nc3ccccc32)c(C)c1. The van der Waals surface area contributed by atoms with Crippen LogP contribution in [0, 0.1) is 13.8 Å². The number of fused-ring (bicyclic) bond motifs is 1. The number of benzene rings is 3. The minimum atomic E-state index is -0.179. The Labute approximate surface area is 197 Å². The monoisotopic (exact) mass is 460 g/mol. The first-order chi connectivity index (χ1) is 15.9. The second kappa shape index (κ2) is 9.88. The van der Waals surface area contributed by atoms with E-state index < -0.39 is 0 Å². The van der Waals surface area contributed by atoms with Crippen LogP contribution in [0.1, 0.15) is 27.3 Å². The summed E-state index contributed by atoms with van der Waals surface area (Å²) in [5.41, 5.74) is 5.20. The third-order valence-corrected chi connectivity index (χ3v) is 5.68. The van der Waals surface area contributed by atoms with Gasteiger partial charge in [0, 0.05) is 29.2 Å². The van der Waals surface area contributed by atoms with Crippen molar-refractivity contribution in [2.45, 2.75) is 26.8 Å². The lowest BCUT2D eigenvalue weighted by Gasteiger charge is -2.12. The molecule has 0 aliphatic carbocycles. The summed E-state index contributed by atoms with van der Waals surface area (Å²) in [7, 11) is 0. The highest BCUT2D eigenvalue weighted by atomic mass is 35.5. The number of rotatable bonds is 7. The van der Waals surface area contributed by atoms with Crippen molar-refractivity contribution in [3.8, 4) is 0 Å². The van der Waals surface area contributed by atoms with Crippen LogP contribution in [-0.4, -0.2) is 27.9 Å². The smallest absolute Gasteiger partial charge is 0.251 e. The lowest BCUT2D eigenvalue weighted by atomic mass is 10.1. The minimum Gasteiger partial charge on any atom is -0.352 e. The molecule has 4 aromatic rings. The average molecular weight is 461 g/mol. The number of nitrogens with zero attached hydrogens (tertiary/aromatic N) is 2. The van der Waals surface area contributed by atoms with Crippen molar-refractivity contribution in [1.82, 2.24) is 14.9 Å². The lowest BCUT2D eigenvalue weighted by Crippen LogP contribution is -2.27. The van der Waals surface area contributed by atoms with Crippen LogP contribution in [0.15, 0.2) is 66.7 Å². The van der Waals surface area contributed by atoms with Gasteiger partial charge in [0.05, 0.1) is 11.0 Å². The predicted molar refractivity (Wildman–Crippen MR) is 132 cm³/mol. The summed E-state index contributed by atoms with van der Waals surface area (Å²) in [5, 5.41) is 6.49. The number of para-hydroxylation sites is 2. The molecule has 0 spiro atoms. The molecule has 0 saturated heterocycles. The van der Waals surface area contributed by atoms with E-state index in [2.05, 4.69) is 10.6 Å². The number of hydrogen-bond donors (Lipinski definition) is 2. The number of carbonyl (C=O) groups is 2. The Balaban J connectivity index is 1.47. The Morgan fingerprint density at radius 3 is 2.52 bits per heavy atom. The van der Waals surface area contributed by atoms with E-state index in [9.17, 15) is 9.59 Å². The number of carbonyl (C=O) groups excluding carboxylic acids is 2. The third kappa shape index (κ3) is 5.41. The van der Waals surface area contributed by atoms with Gasteiger partial charge < -0.3 is 15.2 Å². The van der Waals surface area contributed by atoms with Gasteiger partial charge in [-0.2, -0.15) is 0 Å². The number of amides is 2. The maximum Gasteiger partial charge on any atom is 0.251 e. The molecule has 7 heteroatoms. The first-order valence-corrected chi connectivity index (χ1v) is 11.1. The van der Waals surface area contributed by atoms with Gasteiger partial charge in [-0.15, -0.1) is 0 Å². The van der Waals surface area contributed by atoms with Crippen molar-refractivity contribution < 1.29 is 9.59 Å². The molecule has 0 radical (unpaired) electrons. The Morgan fingerprint density at radius 2 is 1.76 bits per heavy atom. The molecule has 2 amide bonds. The lowest BCUT2D eigenvalue weighted by molar-refractivity contribution is -0.116. The predicted octanol–water partition coefficient (Wildman–Crippen LogP) is 4.92. The van der Waals surface area contributed by atoms with E-state index in [1.54, 1.807) is 24.3 Å². The molecule has 33 heavy (non-hydrogen) atoms. The number of aryl methyl sites for hydroxylation is 2. The van der Waals surface area contributed by atoms with Crippen LogP contribution >= 0.6 is 11.6 Å². The van der Waals surface area contributed by atoms with Crippen LogP contribution in [0.2, 0.25) is 5.02 Å². The summed E-state index contributed by atoms with van der Waals surface area (Å²) in [5.74, 6) is 0.432. The highest BCUT2D eigenvalue weighted by molar-refractivity contribution is 6.30. The normalized spacial score (nSPS) is 10.9. The molecular formula is C26H25ClN4O2. The molecule has 0 aliphatic rings. The van der Waals surface area contributed by atoms with E-state index in [1.807, 2.05) is 60.9 Å². The van der Waals surface area contributed by atoms with Gasteiger partial charge in [-0.1, -0.05) is 41.4 Å². The van der Waals surface area contributed by atoms with Crippen LogP contribution < -0.4 is 10.6 Å². The molecule has 0 saturated carbocycles. The first kappa shape index (κ1) is 22.6. The Bertz CT molecular complexity index is 1310. The van der Waals surface area contributed by atoms with Crippen LogP contribution in [0.4, 0.5) is 5.69 Å². The number of hydrogen-bond acceptors (Lipinski definition) is 3. The van der Waals surface area contributed by atoms with Gasteiger partial charge in [-0.25, -0.2) is 4.98 Å². The van der Waals surface area contributed by atoms with Crippen LogP contribution in [0.3, 0.4) is 0 Å². The number of aromatic nitrogens is 2. The van der Waals surface area contributed by atoms with Crippen molar-refractivity contribution in [2.24, 2.45) is 0 Å². The fourth-order valence-corrected chi connectivity index (χ4v) is 3.90. The quantitative estimate of drug-likeness (QED) is 0.411. The molecule has 0 unspecified atom stereocenters. The Morgan fingerprint density at radius 1 is 1.00 bits per heavy atom. The van der Waals surface area contributed by atoms with Crippen molar-refractivity contribution in [3.05, 3.63) is 94.3 Å². The summed E-state index contributed by atoms with van der Waals surface area (Å²) in [6, 6.07) is 20.4. The standard InChI is InChI=1S/C26H25ClN4O2/c1-17-7-12-21(18(2)15-17)30-25(32)16-31-23-6-4-3-5-22(23)29-24(31)13-14-28-26(33)19-8-10-20(27)11-9-19/h3-12,15H,13-14,16H2,1-2H3,(H,28,33)(H,30,32). The summed E-state index contributed by atoms with van der Waals surface area (Å²) >= 11 is 5.89. The van der Waals surface area contributed by atoms with E-state index in [4.69, 9.17) is 16.6 Å². The van der Waals surface area contributed by atoms with Crippen molar-refractivity contribution >= 4 is 40.1 Å². The largest absolute Gasteiger partial charge is 0.352 e. The van der Waals surface area contributed by atoms with E-state index in [0.29, 0.717) is 23.6 Å². The van der Waals surface area contributed by atoms with E-state index in [-0.39, 0.29) is 18.4 Å². The Hall–Kier alpha value is -3.64. The molecule has 0 fully saturated rings. The minimum absolute atomic E-state index is 0.128. The molecule has 0 bridgehead atoms. The number of nitrogens with one attached hydrogen (secondary N) is 2. The van der Waals surface area contributed by atoms with Gasteiger partial charge in [-0.05, 0) is 61.9 Å². The zero-order chi connectivity index (χ0) is 23.4. The van der Waals surface area contributed by atoms with Gasteiger partial charge in [0.25, 0.3) is 5.91 Å². The van der Waals surface area contributed by atoms with Gasteiger partial charge in [0.15, 0.2) is 0 Å². The number of anilines is 1. The van der Waals surface area contributed by atoms with Gasteiger partial charge in [0.1, 0.15) is 12.4 Å². The zero-order valence-corrected chi connectivity index (χ0v) is 19.3. The second-order valence-electron chi connectivity index (χ2n) is 7.98. The van der Waals surface area contributed by atoms with Gasteiger partial charge in [-0.3, -0.25) is 9.59 Å². The maximum absolute atomic E-state index is 12.9. The van der Waals surface area contributed by atoms with Gasteiger partial charge in [0.2, 0.25) is 5.91 Å². The fourth-order valence-electron chi connectivity index (χ4n) is 3.77. The van der Waals surface area contributed by atoms with Crippen LogP contribution in [0.25, 0.3) is 11.0 Å². The third-order valence-electron chi connectivity index (χ3n) is 5.43. The first-order valence-electron chi connectivity index (χ1n) is 10.8. The Kier molecular flexibility index (Phi) is 6.75. The molecule has 6 nitrogen and oxygen atoms in total. The van der Waals surface area contributed by atoms with Gasteiger partial charge >= 0.3 is 0 Å². The highest BCUT2D eigenvalue weighted by Gasteiger charge is 2.15. The number of imidazole rings is 1. The number of halogens is 1. The molecule has 0 atom stereocenters. The molecule has 4 rings (SSSR count). The molecule has 2 N–H and O–H groups in total. The topological polar surface area (TPSA) is 76.0 Å². The van der Waals surface area contributed by atoms with E-state index in [0.717, 1.165) is 33.7 Å². The van der Waals surface area contributed by atoms with Crippen molar-refractivity contribution in [1.29, 1.82) is 0 Å². The molecule has 0 aliphatic heterocycles. The molecule has 168 valence electrons. The summed E-state index contributed by atoms with van der Waals surface area (Å²) in [6.07, 6.45) is 0.491. The van der Waals surface area contributed by atoms with Crippen molar-refractivity contribution in [2.75, 3.05) is 11.9 Å². The fraction of sp³-hybridized carbons (Fsp3) is 0.192. The van der Waals surface area contributed by atoms with Crippen LogP contribution in [-0.2, 0) is 17.8 Å². The average Bonchev–Trinajstić information content (AvgIpc) is 3.13. The van der Waals surface area contributed by atoms with Crippen LogP contribution in [0.5, 0.6) is 0 Å². The van der Waals surface area contributed by atoms with E-state index in [1.165, 1.54) is 0 Å². The summed E-state index contributed by atoms with van der Waals surface area (Å²) < 4.78 is 1.91. The molecule has 1 aromatic heterocycles. The highest BCUT2D eigenvalue weighted by Crippen LogP contribution is 2.19. The zero-order valence-electron chi connectivity index (χ0n) is 18.6.